The fourth-order valence-electron chi connectivity index (χ4n) is 2.91. The number of hydrogen-bond acceptors (Lipinski definition) is 3. The van der Waals surface area contributed by atoms with Crippen molar-refractivity contribution in [1.29, 1.82) is 0 Å². The molecule has 1 fully saturated rings. The van der Waals surface area contributed by atoms with Crippen molar-refractivity contribution in [3.63, 3.8) is 0 Å². The number of nitrogens with two attached hydrogens (primary N) is 1. The van der Waals surface area contributed by atoms with E-state index in [2.05, 4.69) is 4.90 Å². The van der Waals surface area contributed by atoms with Gasteiger partial charge in [-0.2, -0.15) is 0 Å². The third-order valence-corrected chi connectivity index (χ3v) is 3.88. The molecule has 0 bridgehead atoms. The van der Waals surface area contributed by atoms with E-state index in [0.717, 1.165) is 32.6 Å². The summed E-state index contributed by atoms with van der Waals surface area (Å²) in [6.07, 6.45) is 2.17. The molecule has 3 nitrogen and oxygen atoms in total. The zero-order valence-electron chi connectivity index (χ0n) is 11.5. The summed E-state index contributed by atoms with van der Waals surface area (Å²) in [6, 6.07) is 7.05. The molecule has 2 rings (SSSR count). The summed E-state index contributed by atoms with van der Waals surface area (Å²) >= 11 is 0. The molecule has 1 aliphatic rings. The topological polar surface area (TPSA) is 38.5 Å². The molecule has 0 aromatic heterocycles. The van der Waals surface area contributed by atoms with Crippen molar-refractivity contribution in [1.82, 2.24) is 0 Å². The Hall–Kier alpha value is -1.13. The minimum atomic E-state index is -0.181. The Morgan fingerprint density at radius 1 is 1.47 bits per heavy atom. The number of rotatable bonds is 5. The lowest BCUT2D eigenvalue weighted by Gasteiger charge is -2.39. The number of para-hydroxylation sites is 1. The highest BCUT2D eigenvalue weighted by Crippen LogP contribution is 2.27. The van der Waals surface area contributed by atoms with Crippen molar-refractivity contribution < 1.29 is 9.13 Å². The Balaban J connectivity index is 2.20. The van der Waals surface area contributed by atoms with Crippen LogP contribution < -0.4 is 10.6 Å². The molecular weight excluding hydrogens is 243 g/mol. The highest BCUT2D eigenvalue weighted by molar-refractivity contribution is 5.48. The van der Waals surface area contributed by atoms with Crippen LogP contribution in [0.1, 0.15) is 19.8 Å². The number of benzene rings is 1. The molecule has 0 spiro atoms. The Morgan fingerprint density at radius 3 is 2.84 bits per heavy atom. The molecule has 1 saturated heterocycles. The highest BCUT2D eigenvalue weighted by atomic mass is 19.1. The first-order valence-electron chi connectivity index (χ1n) is 7.07. The van der Waals surface area contributed by atoms with E-state index in [9.17, 15) is 4.39 Å². The highest BCUT2D eigenvalue weighted by Gasteiger charge is 2.28. The first kappa shape index (κ1) is 14.3. The molecule has 0 amide bonds. The number of anilines is 1. The lowest BCUT2D eigenvalue weighted by atomic mass is 9.92. The maximum absolute atomic E-state index is 14.0. The van der Waals surface area contributed by atoms with Gasteiger partial charge in [0.25, 0.3) is 0 Å². The van der Waals surface area contributed by atoms with Gasteiger partial charge in [-0.25, -0.2) is 4.39 Å². The van der Waals surface area contributed by atoms with Crippen molar-refractivity contribution in [2.24, 2.45) is 11.7 Å². The molecule has 1 heterocycles. The monoisotopic (exact) mass is 266 g/mol. The van der Waals surface area contributed by atoms with Gasteiger partial charge >= 0.3 is 0 Å². The molecule has 1 aromatic rings. The second-order valence-corrected chi connectivity index (χ2v) is 5.02. The van der Waals surface area contributed by atoms with Crippen molar-refractivity contribution >= 4 is 5.69 Å². The molecule has 1 aromatic carbocycles. The summed E-state index contributed by atoms with van der Waals surface area (Å²) in [4.78, 5) is 2.08. The number of ether oxygens (including phenoxy) is 1. The molecule has 2 N–H and O–H groups in total. The van der Waals surface area contributed by atoms with Crippen LogP contribution in [0.3, 0.4) is 0 Å². The molecule has 4 heteroatoms. The largest absolute Gasteiger partial charge is 0.381 e. The molecule has 0 radical (unpaired) electrons. The van der Waals surface area contributed by atoms with Gasteiger partial charge < -0.3 is 15.4 Å². The SMILES string of the molecule is CCN(c1ccccc1F)C(CN)C1CCCOC1. The standard InChI is InChI=1S/C15H23FN2O/c1-2-18(14-8-4-3-7-13(14)16)15(10-17)12-6-5-9-19-11-12/h3-4,7-8,12,15H,2,5-6,9-11,17H2,1H3. The van der Waals surface area contributed by atoms with E-state index >= 15 is 0 Å². The van der Waals surface area contributed by atoms with Crippen molar-refractivity contribution in [3.05, 3.63) is 30.1 Å². The van der Waals surface area contributed by atoms with Crippen LogP contribution >= 0.6 is 0 Å². The summed E-state index contributed by atoms with van der Waals surface area (Å²) < 4.78 is 19.5. The summed E-state index contributed by atoms with van der Waals surface area (Å²) in [7, 11) is 0. The van der Waals surface area contributed by atoms with Gasteiger partial charge in [-0.05, 0) is 31.9 Å². The summed E-state index contributed by atoms with van der Waals surface area (Å²) in [6.45, 7) is 4.88. The predicted octanol–water partition coefficient (Wildman–Crippen LogP) is 2.41. The van der Waals surface area contributed by atoms with Crippen LogP contribution in [-0.2, 0) is 4.74 Å². The normalized spacial score (nSPS) is 21.1. The van der Waals surface area contributed by atoms with Crippen molar-refractivity contribution in [2.45, 2.75) is 25.8 Å². The molecule has 1 aliphatic heterocycles. The quantitative estimate of drug-likeness (QED) is 0.889. The summed E-state index contributed by atoms with van der Waals surface area (Å²) in [5.41, 5.74) is 6.59. The maximum Gasteiger partial charge on any atom is 0.146 e. The van der Waals surface area contributed by atoms with Crippen LogP contribution in [0.15, 0.2) is 24.3 Å². The van der Waals surface area contributed by atoms with Gasteiger partial charge in [-0.15, -0.1) is 0 Å². The number of hydrogen-bond donors (Lipinski definition) is 1. The number of halogens is 1. The molecule has 19 heavy (non-hydrogen) atoms. The smallest absolute Gasteiger partial charge is 0.146 e. The van der Waals surface area contributed by atoms with E-state index in [-0.39, 0.29) is 11.9 Å². The van der Waals surface area contributed by atoms with E-state index in [0.29, 0.717) is 18.2 Å². The van der Waals surface area contributed by atoms with E-state index in [1.54, 1.807) is 6.07 Å². The lowest BCUT2D eigenvalue weighted by Crippen LogP contribution is -2.48. The Labute approximate surface area is 114 Å². The van der Waals surface area contributed by atoms with Crippen LogP contribution in [0, 0.1) is 11.7 Å². The minimum absolute atomic E-state index is 0.141. The summed E-state index contributed by atoms with van der Waals surface area (Å²) in [5, 5.41) is 0. The van der Waals surface area contributed by atoms with Gasteiger partial charge in [0, 0.05) is 31.7 Å². The average Bonchev–Trinajstić information content (AvgIpc) is 2.46. The molecular formula is C15H23FN2O. The maximum atomic E-state index is 14.0. The van der Waals surface area contributed by atoms with Crippen molar-refractivity contribution in [3.8, 4) is 0 Å². The molecule has 0 aliphatic carbocycles. The first-order valence-corrected chi connectivity index (χ1v) is 7.07. The third kappa shape index (κ3) is 3.25. The second kappa shape index (κ2) is 6.87. The van der Waals surface area contributed by atoms with Crippen molar-refractivity contribution in [2.75, 3.05) is 31.2 Å². The predicted molar refractivity (Wildman–Crippen MR) is 75.8 cm³/mol. The van der Waals surface area contributed by atoms with Gasteiger partial charge in [0.2, 0.25) is 0 Å². The Bertz CT molecular complexity index is 393. The van der Waals surface area contributed by atoms with Crippen LogP contribution in [0.4, 0.5) is 10.1 Å². The molecule has 0 saturated carbocycles. The van der Waals surface area contributed by atoms with E-state index < -0.39 is 0 Å². The molecule has 2 atom stereocenters. The molecule has 2 unspecified atom stereocenters. The van der Waals surface area contributed by atoms with E-state index in [1.807, 2.05) is 19.1 Å². The summed E-state index contributed by atoms with van der Waals surface area (Å²) in [5.74, 6) is 0.206. The lowest BCUT2D eigenvalue weighted by molar-refractivity contribution is 0.0447. The fourth-order valence-corrected chi connectivity index (χ4v) is 2.91. The van der Waals surface area contributed by atoms with E-state index in [1.165, 1.54) is 6.07 Å². The zero-order chi connectivity index (χ0) is 13.7. The third-order valence-electron chi connectivity index (χ3n) is 3.88. The average molecular weight is 266 g/mol. The minimum Gasteiger partial charge on any atom is -0.381 e. The van der Waals surface area contributed by atoms with Crippen LogP contribution in [-0.4, -0.2) is 32.3 Å². The van der Waals surface area contributed by atoms with Crippen LogP contribution in [0.25, 0.3) is 0 Å². The van der Waals surface area contributed by atoms with Gasteiger partial charge in [0.15, 0.2) is 0 Å². The van der Waals surface area contributed by atoms with Gasteiger partial charge in [-0.1, -0.05) is 12.1 Å². The van der Waals surface area contributed by atoms with Gasteiger partial charge in [0.1, 0.15) is 5.82 Å². The van der Waals surface area contributed by atoms with Gasteiger partial charge in [0.05, 0.1) is 12.3 Å². The Morgan fingerprint density at radius 2 is 2.26 bits per heavy atom. The second-order valence-electron chi connectivity index (χ2n) is 5.02. The number of likely N-dealkylation sites (N-methyl/N-ethyl adjacent to an activating group) is 1. The zero-order valence-corrected chi connectivity index (χ0v) is 11.5. The van der Waals surface area contributed by atoms with Crippen LogP contribution in [0.2, 0.25) is 0 Å². The molecule has 106 valence electrons. The van der Waals surface area contributed by atoms with Gasteiger partial charge in [-0.3, -0.25) is 0 Å². The Kier molecular flexibility index (Phi) is 5.16. The van der Waals surface area contributed by atoms with Crippen LogP contribution in [0.5, 0.6) is 0 Å². The number of nitrogens with zero attached hydrogens (tertiary/aromatic N) is 1. The van der Waals surface area contributed by atoms with E-state index in [4.69, 9.17) is 10.5 Å². The first-order chi connectivity index (χ1) is 9.27. The fraction of sp³-hybridized carbons (Fsp3) is 0.600.